The lowest BCUT2D eigenvalue weighted by atomic mass is 10.1. The van der Waals surface area contributed by atoms with Crippen LogP contribution in [0.15, 0.2) is 42.5 Å². The predicted molar refractivity (Wildman–Crippen MR) is 76.9 cm³/mol. The zero-order valence-electron chi connectivity index (χ0n) is 11.4. The van der Waals surface area contributed by atoms with Crippen LogP contribution >= 0.6 is 0 Å². The van der Waals surface area contributed by atoms with Crippen LogP contribution in [0.1, 0.15) is 21.7 Å². The number of halogens is 1. The van der Waals surface area contributed by atoms with Crippen molar-refractivity contribution >= 4 is 17.0 Å². The maximum atomic E-state index is 13.4. The Morgan fingerprint density at radius 2 is 2.05 bits per heavy atom. The molecule has 0 radical (unpaired) electrons. The van der Waals surface area contributed by atoms with Crippen molar-refractivity contribution in [2.75, 3.05) is 0 Å². The van der Waals surface area contributed by atoms with Crippen LogP contribution in [0.2, 0.25) is 0 Å². The van der Waals surface area contributed by atoms with Crippen LogP contribution in [0.4, 0.5) is 4.39 Å². The van der Waals surface area contributed by atoms with Gasteiger partial charge in [0.2, 0.25) is 0 Å². The molecule has 4 nitrogen and oxygen atoms in total. The molecule has 2 aromatic carbocycles. The quantitative estimate of drug-likeness (QED) is 0.803. The summed E-state index contributed by atoms with van der Waals surface area (Å²) in [5, 5.41) is 8.98. The summed E-state index contributed by atoms with van der Waals surface area (Å²) in [6.45, 7) is 2.34. The molecule has 0 aliphatic heterocycles. The maximum Gasteiger partial charge on any atom is 0.338 e. The van der Waals surface area contributed by atoms with E-state index in [9.17, 15) is 9.18 Å². The van der Waals surface area contributed by atoms with Gasteiger partial charge in [0.1, 0.15) is 11.6 Å². The molecule has 106 valence electrons. The van der Waals surface area contributed by atoms with E-state index in [2.05, 4.69) is 4.98 Å². The smallest absolute Gasteiger partial charge is 0.338 e. The van der Waals surface area contributed by atoms with E-state index < -0.39 is 11.8 Å². The van der Waals surface area contributed by atoms with E-state index in [-0.39, 0.29) is 5.56 Å². The largest absolute Gasteiger partial charge is 0.478 e. The first-order chi connectivity index (χ1) is 10.1. The van der Waals surface area contributed by atoms with Gasteiger partial charge in [-0.15, -0.1) is 0 Å². The van der Waals surface area contributed by atoms with Gasteiger partial charge in [0.15, 0.2) is 0 Å². The molecule has 21 heavy (non-hydrogen) atoms. The Hall–Kier alpha value is -2.69. The van der Waals surface area contributed by atoms with Gasteiger partial charge in [-0.3, -0.25) is 0 Å². The highest BCUT2D eigenvalue weighted by molar-refractivity contribution is 5.88. The zero-order chi connectivity index (χ0) is 15.0. The predicted octanol–water partition coefficient (Wildman–Crippen LogP) is 3.23. The highest BCUT2D eigenvalue weighted by Gasteiger charge is 2.12. The first-order valence-electron chi connectivity index (χ1n) is 6.50. The third-order valence-corrected chi connectivity index (χ3v) is 3.45. The van der Waals surface area contributed by atoms with Crippen LogP contribution in [-0.4, -0.2) is 20.6 Å². The van der Waals surface area contributed by atoms with Gasteiger partial charge in [-0.05, 0) is 36.8 Å². The Labute approximate surface area is 120 Å². The second kappa shape index (κ2) is 5.01. The van der Waals surface area contributed by atoms with Crippen LogP contribution in [-0.2, 0) is 6.54 Å². The van der Waals surface area contributed by atoms with E-state index in [4.69, 9.17) is 5.11 Å². The monoisotopic (exact) mass is 284 g/mol. The SMILES string of the molecule is Cc1nc2ccccc2n1Cc1ccc(F)c(C(=O)O)c1. The molecule has 3 rings (SSSR count). The summed E-state index contributed by atoms with van der Waals surface area (Å²) in [7, 11) is 0. The average Bonchev–Trinajstić information content (AvgIpc) is 2.77. The molecule has 0 saturated carbocycles. The van der Waals surface area contributed by atoms with Crippen molar-refractivity contribution < 1.29 is 14.3 Å². The number of carboxylic acid groups (broad SMARTS) is 1. The average molecular weight is 284 g/mol. The molecule has 0 amide bonds. The Bertz CT molecular complexity index is 839. The van der Waals surface area contributed by atoms with Crippen LogP contribution < -0.4 is 0 Å². The molecule has 1 heterocycles. The lowest BCUT2D eigenvalue weighted by Gasteiger charge is -2.08. The van der Waals surface area contributed by atoms with E-state index in [0.29, 0.717) is 6.54 Å². The van der Waals surface area contributed by atoms with Gasteiger partial charge < -0.3 is 9.67 Å². The number of aryl methyl sites for hydroxylation is 1. The first-order valence-corrected chi connectivity index (χ1v) is 6.50. The molecule has 1 N–H and O–H groups in total. The molecule has 0 spiro atoms. The molecule has 0 bridgehead atoms. The van der Waals surface area contributed by atoms with Gasteiger partial charge in [0, 0.05) is 6.54 Å². The number of hydrogen-bond donors (Lipinski definition) is 1. The fraction of sp³-hybridized carbons (Fsp3) is 0.125. The molecule has 5 heteroatoms. The summed E-state index contributed by atoms with van der Waals surface area (Å²) in [5.41, 5.74) is 2.27. The molecule has 3 aromatic rings. The number of imidazole rings is 1. The number of aromatic nitrogens is 2. The van der Waals surface area contributed by atoms with Crippen molar-refractivity contribution in [2.24, 2.45) is 0 Å². The number of benzene rings is 2. The van der Waals surface area contributed by atoms with Gasteiger partial charge in [-0.2, -0.15) is 0 Å². The molecule has 1 aromatic heterocycles. The van der Waals surface area contributed by atoms with Gasteiger partial charge in [-0.25, -0.2) is 14.2 Å². The van der Waals surface area contributed by atoms with Crippen molar-refractivity contribution in [3.05, 3.63) is 65.2 Å². The van der Waals surface area contributed by atoms with Crippen LogP contribution in [0, 0.1) is 12.7 Å². The van der Waals surface area contributed by atoms with E-state index in [1.807, 2.05) is 35.8 Å². The minimum atomic E-state index is -1.26. The van der Waals surface area contributed by atoms with Gasteiger partial charge in [0.05, 0.1) is 16.6 Å². The Kier molecular flexibility index (Phi) is 3.17. The van der Waals surface area contributed by atoms with E-state index in [1.165, 1.54) is 12.1 Å². The third-order valence-electron chi connectivity index (χ3n) is 3.45. The van der Waals surface area contributed by atoms with Crippen molar-refractivity contribution in [3.8, 4) is 0 Å². The lowest BCUT2D eigenvalue weighted by molar-refractivity contribution is 0.0691. The molecule has 0 atom stereocenters. The standard InChI is InChI=1S/C16H13FN2O2/c1-10-18-14-4-2-3-5-15(14)19(10)9-11-6-7-13(17)12(8-11)16(20)21/h2-8H,9H2,1H3,(H,20,21). The molecule has 0 unspecified atom stereocenters. The fourth-order valence-electron chi connectivity index (χ4n) is 2.41. The van der Waals surface area contributed by atoms with Gasteiger partial charge >= 0.3 is 5.97 Å². The van der Waals surface area contributed by atoms with Crippen LogP contribution in [0.5, 0.6) is 0 Å². The lowest BCUT2D eigenvalue weighted by Crippen LogP contribution is -2.06. The summed E-state index contributed by atoms with van der Waals surface area (Å²) in [4.78, 5) is 15.5. The number of fused-ring (bicyclic) bond motifs is 1. The summed E-state index contributed by atoms with van der Waals surface area (Å²) >= 11 is 0. The summed E-state index contributed by atoms with van der Waals surface area (Å²) < 4.78 is 15.4. The minimum absolute atomic E-state index is 0.311. The summed E-state index contributed by atoms with van der Waals surface area (Å²) in [6.07, 6.45) is 0. The number of carbonyl (C=O) groups is 1. The number of hydrogen-bond acceptors (Lipinski definition) is 2. The Balaban J connectivity index is 2.05. The minimum Gasteiger partial charge on any atom is -0.478 e. The van der Waals surface area contributed by atoms with Gasteiger partial charge in [-0.1, -0.05) is 18.2 Å². The zero-order valence-corrected chi connectivity index (χ0v) is 11.4. The van der Waals surface area contributed by atoms with E-state index in [0.717, 1.165) is 22.4 Å². The number of aromatic carboxylic acids is 1. The topological polar surface area (TPSA) is 55.1 Å². The van der Waals surface area contributed by atoms with Crippen molar-refractivity contribution in [2.45, 2.75) is 13.5 Å². The fourth-order valence-corrected chi connectivity index (χ4v) is 2.41. The van der Waals surface area contributed by atoms with Crippen LogP contribution in [0.25, 0.3) is 11.0 Å². The highest BCUT2D eigenvalue weighted by Crippen LogP contribution is 2.18. The second-order valence-corrected chi connectivity index (χ2v) is 4.85. The van der Waals surface area contributed by atoms with E-state index >= 15 is 0 Å². The third kappa shape index (κ3) is 2.38. The van der Waals surface area contributed by atoms with Crippen molar-refractivity contribution in [3.63, 3.8) is 0 Å². The van der Waals surface area contributed by atoms with Crippen LogP contribution in [0.3, 0.4) is 0 Å². The summed E-state index contributed by atoms with van der Waals surface area (Å²) in [6, 6.07) is 11.9. The first kappa shape index (κ1) is 13.3. The molecule has 0 aliphatic carbocycles. The van der Waals surface area contributed by atoms with Gasteiger partial charge in [0.25, 0.3) is 0 Å². The van der Waals surface area contributed by atoms with Crippen molar-refractivity contribution in [1.29, 1.82) is 0 Å². The normalized spacial score (nSPS) is 11.0. The summed E-state index contributed by atoms with van der Waals surface area (Å²) in [5.74, 6) is -1.16. The molecule has 0 saturated heterocycles. The molecular weight excluding hydrogens is 271 g/mol. The Morgan fingerprint density at radius 1 is 1.29 bits per heavy atom. The molecule has 0 fully saturated rings. The molecular formula is C16H13FN2O2. The molecule has 0 aliphatic rings. The number of para-hydroxylation sites is 2. The maximum absolute atomic E-state index is 13.4. The number of rotatable bonds is 3. The van der Waals surface area contributed by atoms with Crippen molar-refractivity contribution in [1.82, 2.24) is 9.55 Å². The number of nitrogens with zero attached hydrogens (tertiary/aromatic N) is 2. The second-order valence-electron chi connectivity index (χ2n) is 4.85. The highest BCUT2D eigenvalue weighted by atomic mass is 19.1. The van der Waals surface area contributed by atoms with E-state index in [1.54, 1.807) is 6.07 Å². The number of carboxylic acids is 1. The Morgan fingerprint density at radius 3 is 2.81 bits per heavy atom.